The second-order valence-electron chi connectivity index (χ2n) is 4.99. The maximum absolute atomic E-state index is 11.1. The molecule has 1 unspecified atom stereocenters. The summed E-state index contributed by atoms with van der Waals surface area (Å²) in [5.41, 5.74) is 7.43. The average Bonchev–Trinajstić information content (AvgIpc) is 2.38. The molecule has 0 saturated carbocycles. The van der Waals surface area contributed by atoms with Crippen LogP contribution in [0, 0.1) is 0 Å². The first-order valence-electron chi connectivity index (χ1n) is 6.35. The number of aromatic nitrogens is 1. The van der Waals surface area contributed by atoms with Crippen LogP contribution in [0.15, 0.2) is 30.6 Å². The molecule has 1 aromatic carbocycles. The van der Waals surface area contributed by atoms with Crippen LogP contribution in [-0.4, -0.2) is 22.6 Å². The van der Waals surface area contributed by atoms with Crippen molar-refractivity contribution in [2.45, 2.75) is 25.7 Å². The number of fused-ring (bicyclic) bond motifs is 1. The molecule has 3 N–H and O–H groups in total. The molecule has 0 aliphatic heterocycles. The summed E-state index contributed by atoms with van der Waals surface area (Å²) in [6.45, 7) is 4.33. The van der Waals surface area contributed by atoms with Gasteiger partial charge in [0.2, 0.25) is 0 Å². The zero-order valence-electron chi connectivity index (χ0n) is 11.1. The lowest BCUT2D eigenvalue weighted by atomic mass is 9.93. The number of hydrogen-bond donors (Lipinski definition) is 2. The second-order valence-corrected chi connectivity index (χ2v) is 4.99. The zero-order chi connectivity index (χ0) is 14.0. The number of pyridine rings is 1. The smallest absolute Gasteiger partial charge is 0.312 e. The molecule has 0 spiro atoms. The highest BCUT2D eigenvalue weighted by atomic mass is 16.4. The van der Waals surface area contributed by atoms with E-state index >= 15 is 0 Å². The standard InChI is InChI=1S/C15H18N2O2/c1-9(2)14-8-17-7-11-5-10(3-4-12(11)14)13(6-16)15(18)19/h3-5,7-9,13H,6,16H2,1-2H3,(H,18,19). The highest BCUT2D eigenvalue weighted by Crippen LogP contribution is 2.27. The molecule has 0 bridgehead atoms. The van der Waals surface area contributed by atoms with Crippen molar-refractivity contribution in [3.63, 3.8) is 0 Å². The van der Waals surface area contributed by atoms with E-state index in [4.69, 9.17) is 10.8 Å². The van der Waals surface area contributed by atoms with Gasteiger partial charge in [0.25, 0.3) is 0 Å². The Kier molecular flexibility index (Phi) is 3.81. The van der Waals surface area contributed by atoms with Crippen LogP contribution in [0.3, 0.4) is 0 Å². The van der Waals surface area contributed by atoms with Gasteiger partial charge in [0.05, 0.1) is 5.92 Å². The Balaban J connectivity index is 2.56. The van der Waals surface area contributed by atoms with Crippen molar-refractivity contribution in [2.75, 3.05) is 6.54 Å². The Morgan fingerprint density at radius 2 is 2.11 bits per heavy atom. The summed E-state index contributed by atoms with van der Waals surface area (Å²) in [5.74, 6) is -1.17. The van der Waals surface area contributed by atoms with Crippen molar-refractivity contribution in [1.82, 2.24) is 4.98 Å². The van der Waals surface area contributed by atoms with Gasteiger partial charge in [-0.2, -0.15) is 0 Å². The van der Waals surface area contributed by atoms with E-state index in [1.807, 2.05) is 24.4 Å². The Morgan fingerprint density at radius 3 is 2.68 bits per heavy atom. The van der Waals surface area contributed by atoms with Crippen LogP contribution in [0.25, 0.3) is 10.8 Å². The third-order valence-electron chi connectivity index (χ3n) is 3.37. The van der Waals surface area contributed by atoms with E-state index in [1.165, 1.54) is 5.56 Å². The van der Waals surface area contributed by atoms with Gasteiger partial charge in [0.15, 0.2) is 0 Å². The molecule has 1 aromatic heterocycles. The van der Waals surface area contributed by atoms with E-state index in [9.17, 15) is 4.79 Å². The van der Waals surface area contributed by atoms with Gasteiger partial charge in [-0.1, -0.05) is 26.0 Å². The fraction of sp³-hybridized carbons (Fsp3) is 0.333. The van der Waals surface area contributed by atoms with Crippen LogP contribution < -0.4 is 5.73 Å². The zero-order valence-corrected chi connectivity index (χ0v) is 11.1. The minimum Gasteiger partial charge on any atom is -0.481 e. The number of nitrogens with zero attached hydrogens (tertiary/aromatic N) is 1. The third-order valence-corrected chi connectivity index (χ3v) is 3.37. The van der Waals surface area contributed by atoms with E-state index in [0.717, 1.165) is 16.3 Å². The number of rotatable bonds is 4. The van der Waals surface area contributed by atoms with Crippen molar-refractivity contribution < 1.29 is 9.90 Å². The maximum Gasteiger partial charge on any atom is 0.312 e. The number of carboxylic acid groups (broad SMARTS) is 1. The predicted molar refractivity (Wildman–Crippen MR) is 75.3 cm³/mol. The van der Waals surface area contributed by atoms with Crippen molar-refractivity contribution in [3.8, 4) is 0 Å². The molecule has 0 aliphatic rings. The maximum atomic E-state index is 11.1. The lowest BCUT2D eigenvalue weighted by Gasteiger charge is -2.13. The van der Waals surface area contributed by atoms with Gasteiger partial charge in [-0.05, 0) is 28.5 Å². The van der Waals surface area contributed by atoms with E-state index in [2.05, 4.69) is 18.8 Å². The number of hydrogen-bond acceptors (Lipinski definition) is 3. The van der Waals surface area contributed by atoms with Crippen molar-refractivity contribution in [1.29, 1.82) is 0 Å². The lowest BCUT2D eigenvalue weighted by molar-refractivity contribution is -0.138. The van der Waals surface area contributed by atoms with E-state index in [-0.39, 0.29) is 6.54 Å². The number of carboxylic acids is 1. The number of nitrogens with two attached hydrogens (primary N) is 1. The molecule has 0 saturated heterocycles. The van der Waals surface area contributed by atoms with Crippen LogP contribution in [0.2, 0.25) is 0 Å². The Hall–Kier alpha value is -1.94. The third kappa shape index (κ3) is 2.58. The van der Waals surface area contributed by atoms with Gasteiger partial charge >= 0.3 is 5.97 Å². The molecule has 4 heteroatoms. The molecule has 1 heterocycles. The Bertz CT molecular complexity index is 608. The van der Waals surface area contributed by atoms with Crippen molar-refractivity contribution in [3.05, 3.63) is 41.7 Å². The highest BCUT2D eigenvalue weighted by Gasteiger charge is 2.18. The van der Waals surface area contributed by atoms with Crippen LogP contribution >= 0.6 is 0 Å². The molecular formula is C15H18N2O2. The number of aliphatic carboxylic acids is 1. The second kappa shape index (κ2) is 5.36. The molecule has 0 amide bonds. The van der Waals surface area contributed by atoms with Crippen LogP contribution in [0.1, 0.15) is 36.8 Å². The predicted octanol–water partition coefficient (Wildman–Crippen LogP) is 2.49. The first-order valence-corrected chi connectivity index (χ1v) is 6.35. The van der Waals surface area contributed by atoms with E-state index in [0.29, 0.717) is 5.92 Å². The number of carbonyl (C=O) groups is 1. The largest absolute Gasteiger partial charge is 0.481 e. The summed E-state index contributed by atoms with van der Waals surface area (Å²) < 4.78 is 0. The SMILES string of the molecule is CC(C)c1cncc2cc(C(CN)C(=O)O)ccc12. The van der Waals surface area contributed by atoms with Crippen molar-refractivity contribution >= 4 is 16.7 Å². The molecule has 2 aromatic rings. The van der Waals surface area contributed by atoms with Crippen LogP contribution in [0.5, 0.6) is 0 Å². The molecule has 4 nitrogen and oxygen atoms in total. The molecule has 19 heavy (non-hydrogen) atoms. The normalized spacial score (nSPS) is 12.8. The van der Waals surface area contributed by atoms with Gasteiger partial charge in [-0.25, -0.2) is 0 Å². The monoisotopic (exact) mass is 258 g/mol. The first kappa shape index (κ1) is 13.5. The molecule has 0 aliphatic carbocycles. The Morgan fingerprint density at radius 1 is 1.37 bits per heavy atom. The van der Waals surface area contributed by atoms with Crippen molar-refractivity contribution in [2.24, 2.45) is 5.73 Å². The summed E-state index contributed by atoms with van der Waals surface area (Å²) in [4.78, 5) is 15.4. The lowest BCUT2D eigenvalue weighted by Crippen LogP contribution is -2.21. The molecule has 1 atom stereocenters. The van der Waals surface area contributed by atoms with Gasteiger partial charge in [0.1, 0.15) is 0 Å². The summed E-state index contributed by atoms with van der Waals surface area (Å²) in [5, 5.41) is 11.2. The van der Waals surface area contributed by atoms with E-state index in [1.54, 1.807) is 6.20 Å². The van der Waals surface area contributed by atoms with Crippen LogP contribution in [0.4, 0.5) is 0 Å². The summed E-state index contributed by atoms with van der Waals surface area (Å²) >= 11 is 0. The fourth-order valence-corrected chi connectivity index (χ4v) is 2.27. The minimum atomic E-state index is -0.894. The summed E-state index contributed by atoms with van der Waals surface area (Å²) in [7, 11) is 0. The van der Waals surface area contributed by atoms with Gasteiger partial charge in [-0.3, -0.25) is 9.78 Å². The topological polar surface area (TPSA) is 76.2 Å². The molecule has 0 fully saturated rings. The first-order chi connectivity index (χ1) is 9.04. The van der Waals surface area contributed by atoms with Crippen LogP contribution in [-0.2, 0) is 4.79 Å². The minimum absolute atomic E-state index is 0.0954. The van der Waals surface area contributed by atoms with Gasteiger partial charge < -0.3 is 10.8 Å². The number of benzene rings is 1. The molecule has 0 radical (unpaired) electrons. The summed E-state index contributed by atoms with van der Waals surface area (Å²) in [6, 6.07) is 5.69. The highest BCUT2D eigenvalue weighted by molar-refractivity contribution is 5.87. The Labute approximate surface area is 112 Å². The average molecular weight is 258 g/mol. The summed E-state index contributed by atoms with van der Waals surface area (Å²) in [6.07, 6.45) is 3.63. The fourth-order valence-electron chi connectivity index (χ4n) is 2.27. The van der Waals surface area contributed by atoms with E-state index < -0.39 is 11.9 Å². The molecular weight excluding hydrogens is 240 g/mol. The molecule has 2 rings (SSSR count). The van der Waals surface area contributed by atoms with Gasteiger partial charge in [-0.15, -0.1) is 0 Å². The van der Waals surface area contributed by atoms with Gasteiger partial charge in [0, 0.05) is 24.3 Å². The molecule has 100 valence electrons. The quantitative estimate of drug-likeness (QED) is 0.883.